The lowest BCUT2D eigenvalue weighted by Crippen LogP contribution is -2.42. The van der Waals surface area contributed by atoms with Crippen molar-refractivity contribution < 1.29 is 0 Å². The van der Waals surface area contributed by atoms with Crippen LogP contribution in [0.4, 0.5) is 0 Å². The van der Waals surface area contributed by atoms with E-state index >= 15 is 0 Å². The van der Waals surface area contributed by atoms with Gasteiger partial charge >= 0.3 is 0 Å². The van der Waals surface area contributed by atoms with Crippen molar-refractivity contribution in [2.45, 2.75) is 78.3 Å². The highest BCUT2D eigenvalue weighted by molar-refractivity contribution is 4.80. The molecular formula is C14H29N. The molecule has 0 aliphatic heterocycles. The Morgan fingerprint density at radius 2 is 1.67 bits per heavy atom. The largest absolute Gasteiger partial charge is 0.311 e. The number of hydrogen-bond acceptors (Lipinski definition) is 1. The summed E-state index contributed by atoms with van der Waals surface area (Å²) in [5, 5.41) is 3.85. The van der Waals surface area contributed by atoms with Crippen LogP contribution in [0.2, 0.25) is 0 Å². The summed E-state index contributed by atoms with van der Waals surface area (Å²) in [5.74, 6) is 1.79. The van der Waals surface area contributed by atoms with Crippen LogP contribution in [0.1, 0.15) is 66.2 Å². The van der Waals surface area contributed by atoms with Crippen molar-refractivity contribution in [3.8, 4) is 0 Å². The van der Waals surface area contributed by atoms with Crippen LogP contribution in [-0.2, 0) is 0 Å². The summed E-state index contributed by atoms with van der Waals surface area (Å²) in [6.45, 7) is 9.30. The van der Waals surface area contributed by atoms with E-state index in [0.29, 0.717) is 0 Å². The van der Waals surface area contributed by atoms with Crippen LogP contribution in [0.15, 0.2) is 0 Å². The Kier molecular flexibility index (Phi) is 5.66. The molecule has 1 heteroatoms. The van der Waals surface area contributed by atoms with Gasteiger partial charge in [-0.3, -0.25) is 0 Å². The van der Waals surface area contributed by atoms with E-state index in [1.165, 1.54) is 38.5 Å². The third-order valence-electron chi connectivity index (χ3n) is 4.12. The highest BCUT2D eigenvalue weighted by Crippen LogP contribution is 2.27. The highest BCUT2D eigenvalue weighted by Gasteiger charge is 2.22. The summed E-state index contributed by atoms with van der Waals surface area (Å²) >= 11 is 0. The lowest BCUT2D eigenvalue weighted by molar-refractivity contribution is 0.247. The van der Waals surface area contributed by atoms with Crippen LogP contribution in [0.25, 0.3) is 0 Å². The molecule has 0 aromatic heterocycles. The van der Waals surface area contributed by atoms with E-state index in [9.17, 15) is 0 Å². The predicted octanol–water partition coefficient (Wildman–Crippen LogP) is 3.98. The third-order valence-corrected chi connectivity index (χ3v) is 4.12. The molecule has 0 amide bonds. The van der Waals surface area contributed by atoms with Crippen LogP contribution >= 0.6 is 0 Å². The lowest BCUT2D eigenvalue weighted by atomic mass is 9.84. The number of hydrogen-bond donors (Lipinski definition) is 1. The summed E-state index contributed by atoms with van der Waals surface area (Å²) < 4.78 is 0. The molecule has 1 fully saturated rings. The molecule has 1 N–H and O–H groups in total. The van der Waals surface area contributed by atoms with E-state index in [4.69, 9.17) is 0 Å². The summed E-state index contributed by atoms with van der Waals surface area (Å²) in [6.07, 6.45) is 8.36. The van der Waals surface area contributed by atoms with Gasteiger partial charge in [0.15, 0.2) is 0 Å². The monoisotopic (exact) mass is 211 g/mol. The Morgan fingerprint density at radius 1 is 1.07 bits per heavy atom. The van der Waals surface area contributed by atoms with Crippen molar-refractivity contribution in [2.24, 2.45) is 11.8 Å². The molecule has 0 bridgehead atoms. The molecule has 1 nitrogen and oxygen atoms in total. The summed E-state index contributed by atoms with van der Waals surface area (Å²) in [4.78, 5) is 0. The Balaban J connectivity index is 2.28. The molecule has 0 radical (unpaired) electrons. The van der Waals surface area contributed by atoms with Gasteiger partial charge in [-0.2, -0.15) is 0 Å². The molecule has 1 saturated carbocycles. The molecule has 1 atom stereocenters. The van der Waals surface area contributed by atoms with E-state index < -0.39 is 0 Å². The molecule has 90 valence electrons. The molecule has 0 saturated heterocycles. The Labute approximate surface area is 96.0 Å². The second kappa shape index (κ2) is 6.52. The van der Waals surface area contributed by atoms with Crippen molar-refractivity contribution in [2.75, 3.05) is 0 Å². The van der Waals surface area contributed by atoms with Gasteiger partial charge in [0.2, 0.25) is 0 Å². The minimum absolute atomic E-state index is 0.730. The molecule has 1 rings (SSSR count). The predicted molar refractivity (Wildman–Crippen MR) is 68.1 cm³/mol. The zero-order chi connectivity index (χ0) is 11.3. The molecule has 0 aromatic carbocycles. The standard InChI is InChI=1S/C14H29N/c1-5-12-7-9-13(10-8-12)15-14(6-2)11(3)4/h11-15H,5-10H2,1-4H3. The molecule has 1 aliphatic rings. The molecule has 1 aliphatic carbocycles. The second-order valence-electron chi connectivity index (χ2n) is 5.55. The first-order valence-corrected chi connectivity index (χ1v) is 6.93. The van der Waals surface area contributed by atoms with Gasteiger partial charge in [0.05, 0.1) is 0 Å². The molecule has 0 spiro atoms. The van der Waals surface area contributed by atoms with E-state index in [-0.39, 0.29) is 0 Å². The van der Waals surface area contributed by atoms with Crippen molar-refractivity contribution in [1.29, 1.82) is 0 Å². The van der Waals surface area contributed by atoms with Crippen LogP contribution in [-0.4, -0.2) is 12.1 Å². The fourth-order valence-electron chi connectivity index (χ4n) is 2.82. The van der Waals surface area contributed by atoms with Crippen LogP contribution in [0.3, 0.4) is 0 Å². The van der Waals surface area contributed by atoms with E-state index in [2.05, 4.69) is 33.0 Å². The first-order valence-electron chi connectivity index (χ1n) is 6.93. The topological polar surface area (TPSA) is 12.0 Å². The molecule has 15 heavy (non-hydrogen) atoms. The normalized spacial score (nSPS) is 29.4. The number of rotatable bonds is 5. The summed E-state index contributed by atoms with van der Waals surface area (Å²) in [6, 6.07) is 1.54. The molecule has 0 aromatic rings. The smallest absolute Gasteiger partial charge is 0.00900 e. The molecular weight excluding hydrogens is 182 g/mol. The van der Waals surface area contributed by atoms with Gasteiger partial charge in [0.25, 0.3) is 0 Å². The maximum Gasteiger partial charge on any atom is 0.00900 e. The van der Waals surface area contributed by atoms with Crippen LogP contribution < -0.4 is 5.32 Å². The fourth-order valence-corrected chi connectivity index (χ4v) is 2.82. The van der Waals surface area contributed by atoms with Crippen molar-refractivity contribution >= 4 is 0 Å². The van der Waals surface area contributed by atoms with Gasteiger partial charge in [0.1, 0.15) is 0 Å². The number of nitrogens with one attached hydrogen (secondary N) is 1. The Hall–Kier alpha value is -0.0400. The van der Waals surface area contributed by atoms with E-state index in [1.54, 1.807) is 0 Å². The highest BCUT2D eigenvalue weighted by atomic mass is 15.0. The molecule has 1 unspecified atom stereocenters. The SMILES string of the molecule is CCC1CCC(NC(CC)C(C)C)CC1. The average molecular weight is 211 g/mol. The van der Waals surface area contributed by atoms with Gasteiger partial charge in [-0.15, -0.1) is 0 Å². The van der Waals surface area contributed by atoms with Gasteiger partial charge in [-0.1, -0.05) is 34.1 Å². The minimum atomic E-state index is 0.730. The van der Waals surface area contributed by atoms with E-state index in [1.807, 2.05) is 0 Å². The second-order valence-corrected chi connectivity index (χ2v) is 5.55. The summed E-state index contributed by atoms with van der Waals surface area (Å²) in [7, 11) is 0. The van der Waals surface area contributed by atoms with Crippen molar-refractivity contribution in [3.63, 3.8) is 0 Å². The van der Waals surface area contributed by atoms with Crippen molar-refractivity contribution in [1.82, 2.24) is 5.32 Å². The fraction of sp³-hybridized carbons (Fsp3) is 1.00. The Bertz CT molecular complexity index is 157. The lowest BCUT2D eigenvalue weighted by Gasteiger charge is -2.33. The molecule has 0 heterocycles. The van der Waals surface area contributed by atoms with Gasteiger partial charge in [0, 0.05) is 12.1 Å². The van der Waals surface area contributed by atoms with Gasteiger partial charge in [-0.25, -0.2) is 0 Å². The quantitative estimate of drug-likeness (QED) is 0.725. The zero-order valence-corrected chi connectivity index (χ0v) is 11.1. The maximum absolute atomic E-state index is 3.85. The van der Waals surface area contributed by atoms with Crippen LogP contribution in [0.5, 0.6) is 0 Å². The minimum Gasteiger partial charge on any atom is -0.311 e. The van der Waals surface area contributed by atoms with Gasteiger partial charge < -0.3 is 5.32 Å². The van der Waals surface area contributed by atoms with E-state index in [0.717, 1.165) is 23.9 Å². The van der Waals surface area contributed by atoms with Crippen molar-refractivity contribution in [3.05, 3.63) is 0 Å². The Morgan fingerprint density at radius 3 is 2.07 bits per heavy atom. The first-order chi connectivity index (χ1) is 7.17. The van der Waals surface area contributed by atoms with Gasteiger partial charge in [-0.05, 0) is 43.9 Å². The first kappa shape index (κ1) is 13.0. The average Bonchev–Trinajstić information content (AvgIpc) is 2.26. The summed E-state index contributed by atoms with van der Waals surface area (Å²) in [5.41, 5.74) is 0. The maximum atomic E-state index is 3.85. The zero-order valence-electron chi connectivity index (χ0n) is 11.1. The third kappa shape index (κ3) is 4.14. The van der Waals surface area contributed by atoms with Crippen LogP contribution in [0, 0.1) is 11.8 Å².